The summed E-state index contributed by atoms with van der Waals surface area (Å²) in [5.74, 6) is -2.14. The average molecular weight is 717 g/mol. The van der Waals surface area contributed by atoms with E-state index in [0.29, 0.717) is 32.4 Å². The fourth-order valence-electron chi connectivity index (χ4n) is 4.92. The van der Waals surface area contributed by atoms with Gasteiger partial charge in [-0.2, -0.15) is 0 Å². The molecule has 10 nitrogen and oxygen atoms in total. The van der Waals surface area contributed by atoms with Crippen molar-refractivity contribution in [2.24, 2.45) is 11.8 Å². The van der Waals surface area contributed by atoms with Gasteiger partial charge in [0.2, 0.25) is 0 Å². The molecular weight excluding hydrogens is 676 g/mol. The number of fused-ring (bicyclic) bond motifs is 2. The molecule has 0 aliphatic carbocycles. The molecule has 0 bridgehead atoms. The van der Waals surface area contributed by atoms with Gasteiger partial charge in [0.1, 0.15) is 5.60 Å². The average Bonchev–Trinajstić information content (AvgIpc) is 3.68. The molecule has 4 rings (SSSR count). The summed E-state index contributed by atoms with van der Waals surface area (Å²) in [6, 6.07) is 8.44. The highest BCUT2D eigenvalue weighted by Gasteiger charge is 2.26. The van der Waals surface area contributed by atoms with Gasteiger partial charge >= 0.3 is 11.9 Å². The van der Waals surface area contributed by atoms with E-state index in [2.05, 4.69) is 0 Å². The maximum atomic E-state index is 15.6. The van der Waals surface area contributed by atoms with Crippen molar-refractivity contribution in [3.63, 3.8) is 0 Å². The first-order chi connectivity index (χ1) is 23.1. The van der Waals surface area contributed by atoms with Gasteiger partial charge in [-0.25, -0.2) is 4.39 Å². The van der Waals surface area contributed by atoms with Crippen LogP contribution in [0.1, 0.15) is 73.2 Å². The second kappa shape index (κ2) is 16.0. The minimum absolute atomic E-state index is 0.0303. The topological polar surface area (TPSA) is 124 Å². The van der Waals surface area contributed by atoms with Gasteiger partial charge in [0.15, 0.2) is 40.4 Å². The largest absolute Gasteiger partial charge is 0.493 e. The maximum absolute atomic E-state index is 15.6. The normalized spacial score (nSPS) is 12.8. The number of esters is 2. The number of carbonyl (C=O) groups excluding carboxylic acids is 4. The molecule has 0 spiro atoms. The molecule has 2 aromatic heterocycles. The van der Waals surface area contributed by atoms with Crippen LogP contribution in [-0.4, -0.2) is 63.6 Å². The Hall–Kier alpha value is -4.23. The molecule has 0 unspecified atom stereocenters. The predicted molar refractivity (Wildman–Crippen MR) is 186 cm³/mol. The lowest BCUT2D eigenvalue weighted by molar-refractivity contribution is -0.159. The first kappa shape index (κ1) is 37.6. The van der Waals surface area contributed by atoms with Crippen LogP contribution < -0.4 is 18.9 Å². The van der Waals surface area contributed by atoms with Gasteiger partial charge < -0.3 is 28.4 Å². The third kappa shape index (κ3) is 9.27. The lowest BCUT2D eigenvalue weighted by Gasteiger charge is -2.21. The summed E-state index contributed by atoms with van der Waals surface area (Å²) < 4.78 is 49.8. The molecule has 0 fully saturated rings. The molecule has 2 heterocycles. The van der Waals surface area contributed by atoms with Crippen molar-refractivity contribution in [1.82, 2.24) is 0 Å². The van der Waals surface area contributed by atoms with Crippen LogP contribution in [0.15, 0.2) is 30.3 Å². The van der Waals surface area contributed by atoms with Crippen LogP contribution >= 0.6 is 22.7 Å². The highest BCUT2D eigenvalue weighted by molar-refractivity contribution is 7.21. The number of carbonyl (C=O) groups is 4. The summed E-state index contributed by atoms with van der Waals surface area (Å²) in [5, 5.41) is 1.01. The van der Waals surface area contributed by atoms with Crippen molar-refractivity contribution in [1.29, 1.82) is 0 Å². The van der Waals surface area contributed by atoms with Gasteiger partial charge in [-0.1, -0.05) is 13.8 Å². The summed E-state index contributed by atoms with van der Waals surface area (Å²) in [6.45, 7) is 8.95. The molecule has 0 aliphatic heterocycles. The molecule has 0 saturated heterocycles. The lowest BCUT2D eigenvalue weighted by atomic mass is 10.0. The van der Waals surface area contributed by atoms with Crippen LogP contribution in [0.4, 0.5) is 4.39 Å². The summed E-state index contributed by atoms with van der Waals surface area (Å²) in [4.78, 5) is 50.7. The van der Waals surface area contributed by atoms with Crippen LogP contribution in [0.5, 0.6) is 23.0 Å². The van der Waals surface area contributed by atoms with E-state index in [1.54, 1.807) is 58.9 Å². The number of methoxy groups -OCH3 is 3. The van der Waals surface area contributed by atoms with Gasteiger partial charge in [0.05, 0.1) is 56.1 Å². The number of halogens is 1. The molecule has 4 aromatic rings. The minimum atomic E-state index is -0.651. The number of rotatable bonds is 16. The van der Waals surface area contributed by atoms with Crippen LogP contribution in [0.3, 0.4) is 0 Å². The number of Topliss-reactive ketones (excluding diaryl/α,β-unsaturated/α-hetero) is 2. The van der Waals surface area contributed by atoms with E-state index in [1.165, 1.54) is 38.7 Å². The first-order valence-corrected chi connectivity index (χ1v) is 17.3. The smallest absolute Gasteiger partial charge is 0.309 e. The maximum Gasteiger partial charge on any atom is 0.309 e. The molecule has 0 saturated carbocycles. The zero-order chi connectivity index (χ0) is 36.0. The minimum Gasteiger partial charge on any atom is -0.493 e. The van der Waals surface area contributed by atoms with Crippen LogP contribution in [0.25, 0.3) is 20.2 Å². The number of hydrogen-bond acceptors (Lipinski definition) is 12. The van der Waals surface area contributed by atoms with E-state index >= 15 is 4.39 Å². The third-order valence-corrected chi connectivity index (χ3v) is 9.71. The van der Waals surface area contributed by atoms with Crippen molar-refractivity contribution in [3.8, 4) is 23.0 Å². The Morgan fingerprint density at radius 1 is 0.735 bits per heavy atom. The van der Waals surface area contributed by atoms with E-state index < -0.39 is 35.2 Å². The molecule has 0 amide bonds. The van der Waals surface area contributed by atoms with Crippen molar-refractivity contribution in [2.75, 3.05) is 34.5 Å². The standard InChI is InChI=1S/C36H41FO10S2/c1-19(34(40)44-8)12-24(39)31-16-22-29(49-31)18-27(43-7)33(32(22)37)46-11-9-10-45-26-14-21-15-30(48-28(21)17-25(26)42-6)23(38)13-20(2)35(41)47-36(3,4)5/h14-20H,9-13H2,1-8H3/t19-,20-/m0/s1. The number of thiophene rings is 2. The third-order valence-electron chi connectivity index (χ3n) is 7.44. The Kier molecular flexibility index (Phi) is 12.3. The molecule has 13 heteroatoms. The molecular formula is C36H41FO10S2. The van der Waals surface area contributed by atoms with Crippen LogP contribution in [0.2, 0.25) is 0 Å². The highest BCUT2D eigenvalue weighted by atomic mass is 32.1. The monoisotopic (exact) mass is 716 g/mol. The second-order valence-electron chi connectivity index (χ2n) is 12.6. The van der Waals surface area contributed by atoms with Crippen molar-refractivity contribution in [3.05, 3.63) is 45.9 Å². The number of benzene rings is 2. The fraction of sp³-hybridized carbons (Fsp3) is 0.444. The van der Waals surface area contributed by atoms with Gasteiger partial charge in [-0.3, -0.25) is 19.2 Å². The van der Waals surface area contributed by atoms with E-state index in [9.17, 15) is 19.2 Å². The second-order valence-corrected chi connectivity index (χ2v) is 14.7. The summed E-state index contributed by atoms with van der Waals surface area (Å²) in [7, 11) is 4.19. The Morgan fingerprint density at radius 3 is 1.92 bits per heavy atom. The van der Waals surface area contributed by atoms with Gasteiger partial charge in [0, 0.05) is 46.2 Å². The zero-order valence-corrected chi connectivity index (χ0v) is 30.5. The fourth-order valence-corrected chi connectivity index (χ4v) is 6.98. The molecule has 0 radical (unpaired) electrons. The molecule has 264 valence electrons. The van der Waals surface area contributed by atoms with Gasteiger partial charge in [-0.15, -0.1) is 22.7 Å². The summed E-state index contributed by atoms with van der Waals surface area (Å²) in [6.07, 6.45) is 0.360. The SMILES string of the molecule is COC(=O)[C@@H](C)CC(=O)c1cc2c(F)c(OCCCOc3cc4cc(C(=O)C[C@H](C)C(=O)OC(C)(C)C)sc4cc3OC)c(OC)cc2s1. The summed E-state index contributed by atoms with van der Waals surface area (Å²) >= 11 is 2.43. The molecule has 0 aliphatic rings. The van der Waals surface area contributed by atoms with Crippen LogP contribution in [0, 0.1) is 17.7 Å². The van der Waals surface area contributed by atoms with Crippen LogP contribution in [-0.2, 0) is 19.1 Å². The first-order valence-electron chi connectivity index (χ1n) is 15.7. The zero-order valence-electron chi connectivity index (χ0n) is 28.9. The Balaban J connectivity index is 1.39. The molecule has 0 N–H and O–H groups in total. The van der Waals surface area contributed by atoms with E-state index in [-0.39, 0.29) is 54.5 Å². The number of ketones is 2. The molecule has 2 aromatic carbocycles. The molecule has 2 atom stereocenters. The van der Waals surface area contributed by atoms with Crippen molar-refractivity contribution in [2.45, 2.75) is 59.5 Å². The van der Waals surface area contributed by atoms with Gasteiger partial charge in [0.25, 0.3) is 0 Å². The van der Waals surface area contributed by atoms with E-state index in [1.807, 2.05) is 0 Å². The predicted octanol–water partition coefficient (Wildman–Crippen LogP) is 8.05. The number of hydrogen-bond donors (Lipinski definition) is 0. The summed E-state index contributed by atoms with van der Waals surface area (Å²) in [5.41, 5.74) is -0.631. The Morgan fingerprint density at radius 2 is 1.31 bits per heavy atom. The quantitative estimate of drug-likeness (QED) is 0.0639. The van der Waals surface area contributed by atoms with Crippen molar-refractivity contribution >= 4 is 66.4 Å². The van der Waals surface area contributed by atoms with Gasteiger partial charge in [-0.05, 0) is 44.4 Å². The Labute approximate surface area is 292 Å². The molecule has 49 heavy (non-hydrogen) atoms. The number of ether oxygens (including phenoxy) is 6. The van der Waals surface area contributed by atoms with E-state index in [0.717, 1.165) is 21.4 Å². The van der Waals surface area contributed by atoms with E-state index in [4.69, 9.17) is 28.4 Å². The lowest BCUT2D eigenvalue weighted by Crippen LogP contribution is -2.28. The Bertz CT molecular complexity index is 1850. The highest BCUT2D eigenvalue weighted by Crippen LogP contribution is 2.41. The van der Waals surface area contributed by atoms with Crippen molar-refractivity contribution < 1.29 is 52.0 Å².